The standard InChI is InChI=1S/C22H26F3N3S/c1-15-4-3-13-28(14-15)20-11-5-17(6-12-20)16(2)26-21(29)27-19-9-7-18(8-10-19)22(23,24)25/h5-12,15-16H,3-4,13-14H2,1-2H3,(H2,26,27,29)/t15-,16+/m0/s1. The predicted molar refractivity (Wildman–Crippen MR) is 116 cm³/mol. The second-order valence-corrected chi connectivity index (χ2v) is 8.09. The summed E-state index contributed by atoms with van der Waals surface area (Å²) in [6.07, 6.45) is -1.83. The molecule has 0 unspecified atom stereocenters. The molecule has 2 aromatic rings. The third kappa shape index (κ3) is 5.85. The van der Waals surface area contributed by atoms with Crippen LogP contribution in [0.15, 0.2) is 48.5 Å². The van der Waals surface area contributed by atoms with Gasteiger partial charge in [-0.3, -0.25) is 0 Å². The molecule has 1 fully saturated rings. The first-order valence-corrected chi connectivity index (χ1v) is 10.2. The van der Waals surface area contributed by atoms with Crippen LogP contribution in [0.25, 0.3) is 0 Å². The van der Waals surface area contributed by atoms with Crippen molar-refractivity contribution in [3.05, 3.63) is 59.7 Å². The van der Waals surface area contributed by atoms with Gasteiger partial charge in [-0.15, -0.1) is 0 Å². The summed E-state index contributed by atoms with van der Waals surface area (Å²) in [4.78, 5) is 2.42. The number of nitrogens with zero attached hydrogens (tertiary/aromatic N) is 1. The fraction of sp³-hybridized carbons (Fsp3) is 0.409. The van der Waals surface area contributed by atoms with Crippen molar-refractivity contribution in [2.75, 3.05) is 23.3 Å². The van der Waals surface area contributed by atoms with Crippen LogP contribution < -0.4 is 15.5 Å². The Balaban J connectivity index is 1.55. The minimum absolute atomic E-state index is 0.0289. The van der Waals surface area contributed by atoms with Crippen LogP contribution in [-0.2, 0) is 6.18 Å². The molecule has 3 nitrogen and oxygen atoms in total. The molecule has 0 bridgehead atoms. The number of thiocarbonyl (C=S) groups is 1. The molecule has 3 rings (SSSR count). The molecule has 0 saturated carbocycles. The van der Waals surface area contributed by atoms with Gasteiger partial charge in [0.05, 0.1) is 11.6 Å². The first-order valence-electron chi connectivity index (χ1n) is 9.82. The molecule has 156 valence electrons. The van der Waals surface area contributed by atoms with E-state index in [0.29, 0.717) is 10.8 Å². The Morgan fingerprint density at radius 2 is 1.76 bits per heavy atom. The molecule has 2 atom stereocenters. The van der Waals surface area contributed by atoms with E-state index >= 15 is 0 Å². The largest absolute Gasteiger partial charge is 0.416 e. The van der Waals surface area contributed by atoms with Crippen LogP contribution in [0.3, 0.4) is 0 Å². The first-order chi connectivity index (χ1) is 13.7. The van der Waals surface area contributed by atoms with Crippen LogP contribution in [0.2, 0.25) is 0 Å². The van der Waals surface area contributed by atoms with Gasteiger partial charge in [-0.25, -0.2) is 0 Å². The third-order valence-corrected chi connectivity index (χ3v) is 5.45. The van der Waals surface area contributed by atoms with E-state index in [-0.39, 0.29) is 6.04 Å². The zero-order valence-corrected chi connectivity index (χ0v) is 17.4. The lowest BCUT2D eigenvalue weighted by Gasteiger charge is -2.33. The number of nitrogens with one attached hydrogen (secondary N) is 2. The van der Waals surface area contributed by atoms with E-state index in [1.807, 2.05) is 6.92 Å². The Bertz CT molecular complexity index is 819. The van der Waals surface area contributed by atoms with Gasteiger partial charge in [0.25, 0.3) is 0 Å². The molecule has 0 aromatic heterocycles. The summed E-state index contributed by atoms with van der Waals surface area (Å²) in [5.74, 6) is 0.720. The topological polar surface area (TPSA) is 27.3 Å². The number of benzene rings is 2. The van der Waals surface area contributed by atoms with Crippen LogP contribution in [0.4, 0.5) is 24.5 Å². The van der Waals surface area contributed by atoms with Gasteiger partial charge in [0, 0.05) is 24.5 Å². The predicted octanol–water partition coefficient (Wildman–Crippen LogP) is 5.99. The Morgan fingerprint density at radius 3 is 2.34 bits per heavy atom. The highest BCUT2D eigenvalue weighted by Crippen LogP contribution is 2.30. The second kappa shape index (κ2) is 9.03. The van der Waals surface area contributed by atoms with E-state index in [0.717, 1.165) is 36.7 Å². The number of hydrogen-bond acceptors (Lipinski definition) is 2. The summed E-state index contributed by atoms with van der Waals surface area (Å²) in [6.45, 7) is 6.47. The Labute approximate surface area is 175 Å². The van der Waals surface area contributed by atoms with Gasteiger partial charge in [0.15, 0.2) is 5.11 Å². The summed E-state index contributed by atoms with van der Waals surface area (Å²) < 4.78 is 37.9. The molecule has 1 aliphatic rings. The number of piperidine rings is 1. The molecule has 0 amide bonds. The summed E-state index contributed by atoms with van der Waals surface area (Å²) in [6, 6.07) is 13.2. The maximum absolute atomic E-state index is 12.6. The molecule has 0 radical (unpaired) electrons. The molecule has 2 aromatic carbocycles. The second-order valence-electron chi connectivity index (χ2n) is 7.68. The highest BCUT2D eigenvalue weighted by molar-refractivity contribution is 7.80. The Hall–Kier alpha value is -2.28. The molecule has 2 N–H and O–H groups in total. The molecule has 7 heteroatoms. The minimum atomic E-state index is -4.34. The number of anilines is 2. The number of halogens is 3. The minimum Gasteiger partial charge on any atom is -0.371 e. The lowest BCUT2D eigenvalue weighted by Crippen LogP contribution is -2.34. The molecular formula is C22H26F3N3S. The third-order valence-electron chi connectivity index (χ3n) is 5.23. The quantitative estimate of drug-likeness (QED) is 0.593. The Kier molecular flexibility index (Phi) is 6.67. The van der Waals surface area contributed by atoms with Crippen molar-refractivity contribution in [1.82, 2.24) is 5.32 Å². The van der Waals surface area contributed by atoms with Crippen molar-refractivity contribution >= 4 is 28.7 Å². The summed E-state index contributed by atoms with van der Waals surface area (Å²) >= 11 is 5.31. The van der Waals surface area contributed by atoms with Gasteiger partial charge in [-0.2, -0.15) is 13.2 Å². The maximum atomic E-state index is 12.6. The molecular weight excluding hydrogens is 395 g/mol. The average molecular weight is 422 g/mol. The van der Waals surface area contributed by atoms with Crippen LogP contribution >= 0.6 is 12.2 Å². The molecule has 1 aliphatic heterocycles. The summed E-state index contributed by atoms with van der Waals surface area (Å²) in [5.41, 5.74) is 2.16. The number of hydrogen-bond donors (Lipinski definition) is 2. The van der Waals surface area contributed by atoms with Gasteiger partial charge in [-0.1, -0.05) is 19.1 Å². The van der Waals surface area contributed by atoms with E-state index < -0.39 is 11.7 Å². The molecule has 1 heterocycles. The highest BCUT2D eigenvalue weighted by atomic mass is 32.1. The monoisotopic (exact) mass is 421 g/mol. The van der Waals surface area contributed by atoms with Crippen molar-refractivity contribution in [2.45, 2.75) is 38.9 Å². The van der Waals surface area contributed by atoms with Crippen LogP contribution in [0, 0.1) is 5.92 Å². The van der Waals surface area contributed by atoms with Crippen molar-refractivity contribution in [3.63, 3.8) is 0 Å². The van der Waals surface area contributed by atoms with E-state index in [2.05, 4.69) is 46.7 Å². The van der Waals surface area contributed by atoms with E-state index in [9.17, 15) is 13.2 Å². The normalized spacial score (nSPS) is 18.2. The zero-order chi connectivity index (χ0) is 21.0. The van der Waals surface area contributed by atoms with Gasteiger partial charge < -0.3 is 15.5 Å². The number of rotatable bonds is 4. The van der Waals surface area contributed by atoms with Gasteiger partial charge >= 0.3 is 6.18 Å². The molecule has 0 aliphatic carbocycles. The van der Waals surface area contributed by atoms with Gasteiger partial charge in [0.1, 0.15) is 0 Å². The first kappa shape index (κ1) is 21.4. The molecule has 1 saturated heterocycles. The fourth-order valence-corrected chi connectivity index (χ4v) is 3.88. The van der Waals surface area contributed by atoms with E-state index in [1.54, 1.807) is 0 Å². The lowest BCUT2D eigenvalue weighted by atomic mass is 9.99. The smallest absolute Gasteiger partial charge is 0.371 e. The Morgan fingerprint density at radius 1 is 1.10 bits per heavy atom. The summed E-state index contributed by atoms with van der Waals surface area (Å²) in [7, 11) is 0. The zero-order valence-electron chi connectivity index (χ0n) is 16.6. The van der Waals surface area contributed by atoms with Crippen LogP contribution in [0.5, 0.6) is 0 Å². The van der Waals surface area contributed by atoms with Crippen molar-refractivity contribution < 1.29 is 13.2 Å². The van der Waals surface area contributed by atoms with E-state index in [1.165, 1.54) is 30.7 Å². The van der Waals surface area contributed by atoms with Crippen LogP contribution in [-0.4, -0.2) is 18.2 Å². The van der Waals surface area contributed by atoms with Crippen LogP contribution in [0.1, 0.15) is 43.9 Å². The van der Waals surface area contributed by atoms with E-state index in [4.69, 9.17) is 12.2 Å². The lowest BCUT2D eigenvalue weighted by molar-refractivity contribution is -0.137. The average Bonchev–Trinajstić information content (AvgIpc) is 2.67. The SMILES string of the molecule is C[C@H]1CCCN(c2ccc([C@@H](C)NC(=S)Nc3ccc(C(F)(F)F)cc3)cc2)C1. The van der Waals surface area contributed by atoms with Gasteiger partial charge in [0.2, 0.25) is 0 Å². The van der Waals surface area contributed by atoms with Crippen molar-refractivity contribution in [1.29, 1.82) is 0 Å². The fourth-order valence-electron chi connectivity index (χ4n) is 3.59. The van der Waals surface area contributed by atoms with Crippen molar-refractivity contribution in [2.24, 2.45) is 5.92 Å². The number of alkyl halides is 3. The summed E-state index contributed by atoms with van der Waals surface area (Å²) in [5, 5.41) is 6.48. The molecule has 29 heavy (non-hydrogen) atoms. The molecule has 0 spiro atoms. The highest BCUT2D eigenvalue weighted by Gasteiger charge is 2.30. The maximum Gasteiger partial charge on any atom is 0.416 e. The van der Waals surface area contributed by atoms with Gasteiger partial charge in [-0.05, 0) is 79.9 Å². The van der Waals surface area contributed by atoms with Crippen molar-refractivity contribution in [3.8, 4) is 0 Å².